The van der Waals surface area contributed by atoms with E-state index >= 15 is 0 Å². The van der Waals surface area contributed by atoms with Crippen LogP contribution in [-0.4, -0.2) is 12.4 Å². The standard InChI is InChI=1S/C12H7BrO2/c13-8-2-3-9-7(5-8)1-4-11-12(9)10(14)6-15-11/h1-5H,6H2. The fourth-order valence-corrected chi connectivity index (χ4v) is 2.28. The van der Waals surface area contributed by atoms with Gasteiger partial charge in [0.15, 0.2) is 6.61 Å². The Morgan fingerprint density at radius 2 is 2.07 bits per heavy atom. The first kappa shape index (κ1) is 8.92. The largest absolute Gasteiger partial charge is 0.485 e. The van der Waals surface area contributed by atoms with E-state index in [9.17, 15) is 4.79 Å². The third-order valence-electron chi connectivity index (χ3n) is 2.58. The molecule has 0 bridgehead atoms. The maximum atomic E-state index is 11.6. The second kappa shape index (κ2) is 3.07. The fraction of sp³-hybridized carbons (Fsp3) is 0.0833. The summed E-state index contributed by atoms with van der Waals surface area (Å²) in [4.78, 5) is 11.6. The zero-order valence-corrected chi connectivity index (χ0v) is 9.37. The van der Waals surface area contributed by atoms with Gasteiger partial charge in [-0.15, -0.1) is 0 Å². The van der Waals surface area contributed by atoms with E-state index in [4.69, 9.17) is 4.74 Å². The van der Waals surface area contributed by atoms with E-state index in [-0.39, 0.29) is 12.4 Å². The topological polar surface area (TPSA) is 26.3 Å². The Hall–Kier alpha value is -1.35. The predicted octanol–water partition coefficient (Wildman–Crippen LogP) is 3.18. The minimum atomic E-state index is 0.0675. The molecule has 15 heavy (non-hydrogen) atoms. The summed E-state index contributed by atoms with van der Waals surface area (Å²) < 4.78 is 6.30. The summed E-state index contributed by atoms with van der Waals surface area (Å²) in [6.45, 7) is 0.171. The highest BCUT2D eigenvalue weighted by molar-refractivity contribution is 9.10. The zero-order valence-electron chi connectivity index (χ0n) is 7.79. The monoisotopic (exact) mass is 262 g/mol. The van der Waals surface area contributed by atoms with Crippen LogP contribution in [0.2, 0.25) is 0 Å². The van der Waals surface area contributed by atoms with Crippen LogP contribution in [0, 0.1) is 0 Å². The predicted molar refractivity (Wildman–Crippen MR) is 61.5 cm³/mol. The molecular formula is C12H7BrO2. The molecule has 2 nitrogen and oxygen atoms in total. The average molecular weight is 263 g/mol. The highest BCUT2D eigenvalue weighted by atomic mass is 79.9. The molecule has 1 aliphatic rings. The minimum absolute atomic E-state index is 0.0675. The Labute approximate surface area is 95.0 Å². The van der Waals surface area contributed by atoms with Gasteiger partial charge in [-0.25, -0.2) is 0 Å². The lowest BCUT2D eigenvalue weighted by molar-refractivity contribution is 0.0962. The lowest BCUT2D eigenvalue weighted by atomic mass is 10.0. The van der Waals surface area contributed by atoms with Crippen LogP contribution < -0.4 is 4.74 Å². The molecule has 0 saturated heterocycles. The number of ketones is 1. The van der Waals surface area contributed by atoms with Crippen molar-refractivity contribution >= 4 is 32.5 Å². The maximum absolute atomic E-state index is 11.6. The van der Waals surface area contributed by atoms with Crippen molar-refractivity contribution in [2.75, 3.05) is 6.61 Å². The summed E-state index contributed by atoms with van der Waals surface area (Å²) in [5.74, 6) is 0.771. The molecule has 0 N–H and O–H groups in total. The van der Waals surface area contributed by atoms with Crippen LogP contribution in [0.1, 0.15) is 10.4 Å². The van der Waals surface area contributed by atoms with E-state index in [1.807, 2.05) is 30.3 Å². The molecule has 74 valence electrons. The SMILES string of the molecule is O=C1COc2ccc3cc(Br)ccc3c21. The highest BCUT2D eigenvalue weighted by Gasteiger charge is 2.23. The van der Waals surface area contributed by atoms with Crippen LogP contribution >= 0.6 is 15.9 Å². The smallest absolute Gasteiger partial charge is 0.204 e. The molecular weight excluding hydrogens is 256 g/mol. The van der Waals surface area contributed by atoms with Gasteiger partial charge in [-0.1, -0.05) is 28.1 Å². The third kappa shape index (κ3) is 1.27. The lowest BCUT2D eigenvalue weighted by Gasteiger charge is -2.03. The number of halogens is 1. The summed E-state index contributed by atoms with van der Waals surface area (Å²) >= 11 is 3.41. The summed E-state index contributed by atoms with van der Waals surface area (Å²) in [5.41, 5.74) is 0.722. The Bertz CT molecular complexity index is 575. The van der Waals surface area contributed by atoms with Crippen molar-refractivity contribution in [2.24, 2.45) is 0 Å². The number of hydrogen-bond donors (Lipinski definition) is 0. The maximum Gasteiger partial charge on any atom is 0.204 e. The summed E-state index contributed by atoms with van der Waals surface area (Å²) in [6, 6.07) is 9.72. The molecule has 0 amide bonds. The number of Topliss-reactive ketones (excluding diaryl/α,β-unsaturated/α-hetero) is 1. The molecule has 0 aliphatic carbocycles. The van der Waals surface area contributed by atoms with Crippen molar-refractivity contribution < 1.29 is 9.53 Å². The lowest BCUT2D eigenvalue weighted by Crippen LogP contribution is -1.99. The van der Waals surface area contributed by atoms with E-state index in [1.54, 1.807) is 0 Å². The number of carbonyl (C=O) groups excluding carboxylic acids is 1. The highest BCUT2D eigenvalue weighted by Crippen LogP contribution is 2.33. The molecule has 0 atom stereocenters. The molecule has 2 aromatic carbocycles. The molecule has 3 heteroatoms. The Morgan fingerprint density at radius 1 is 1.20 bits per heavy atom. The van der Waals surface area contributed by atoms with Crippen LogP contribution in [0.5, 0.6) is 5.75 Å². The molecule has 0 aromatic heterocycles. The minimum Gasteiger partial charge on any atom is -0.485 e. The van der Waals surface area contributed by atoms with E-state index in [2.05, 4.69) is 15.9 Å². The molecule has 0 fully saturated rings. The number of ether oxygens (including phenoxy) is 1. The van der Waals surface area contributed by atoms with E-state index in [0.717, 1.165) is 20.8 Å². The van der Waals surface area contributed by atoms with Gasteiger partial charge in [0, 0.05) is 4.47 Å². The van der Waals surface area contributed by atoms with Crippen molar-refractivity contribution in [3.05, 3.63) is 40.4 Å². The van der Waals surface area contributed by atoms with Gasteiger partial charge in [0.25, 0.3) is 0 Å². The van der Waals surface area contributed by atoms with Crippen molar-refractivity contribution in [1.29, 1.82) is 0 Å². The normalized spacial score (nSPS) is 14.1. The molecule has 0 saturated carbocycles. The molecule has 2 aromatic rings. The summed E-state index contributed by atoms with van der Waals surface area (Å²) in [5, 5.41) is 2.03. The molecule has 3 rings (SSSR count). The van der Waals surface area contributed by atoms with Gasteiger partial charge in [0.1, 0.15) is 5.75 Å². The number of rotatable bonds is 0. The number of carbonyl (C=O) groups is 1. The Balaban J connectivity index is 2.43. The van der Waals surface area contributed by atoms with Crippen LogP contribution in [0.25, 0.3) is 10.8 Å². The zero-order chi connectivity index (χ0) is 10.4. The van der Waals surface area contributed by atoms with Crippen LogP contribution in [0.4, 0.5) is 0 Å². The molecule has 0 radical (unpaired) electrons. The number of fused-ring (bicyclic) bond motifs is 3. The Kier molecular flexibility index (Phi) is 1.83. The number of benzene rings is 2. The van der Waals surface area contributed by atoms with Gasteiger partial charge in [-0.3, -0.25) is 4.79 Å². The van der Waals surface area contributed by atoms with Gasteiger partial charge < -0.3 is 4.74 Å². The Morgan fingerprint density at radius 3 is 2.93 bits per heavy atom. The first-order valence-corrected chi connectivity index (χ1v) is 5.43. The van der Waals surface area contributed by atoms with Crippen LogP contribution in [0.3, 0.4) is 0 Å². The third-order valence-corrected chi connectivity index (χ3v) is 3.07. The van der Waals surface area contributed by atoms with Crippen molar-refractivity contribution in [1.82, 2.24) is 0 Å². The second-order valence-corrected chi connectivity index (χ2v) is 4.43. The van der Waals surface area contributed by atoms with Crippen LogP contribution in [-0.2, 0) is 0 Å². The summed E-state index contributed by atoms with van der Waals surface area (Å²) in [6.07, 6.45) is 0. The molecule has 0 spiro atoms. The van der Waals surface area contributed by atoms with Gasteiger partial charge in [-0.2, -0.15) is 0 Å². The molecule has 1 heterocycles. The van der Waals surface area contributed by atoms with Gasteiger partial charge in [0.2, 0.25) is 5.78 Å². The van der Waals surface area contributed by atoms with E-state index < -0.39 is 0 Å². The first-order chi connectivity index (χ1) is 7.25. The second-order valence-electron chi connectivity index (χ2n) is 3.52. The molecule has 0 unspecified atom stereocenters. The average Bonchev–Trinajstić information content (AvgIpc) is 2.60. The van der Waals surface area contributed by atoms with E-state index in [0.29, 0.717) is 5.75 Å². The van der Waals surface area contributed by atoms with Crippen molar-refractivity contribution in [3.8, 4) is 5.75 Å². The first-order valence-electron chi connectivity index (χ1n) is 4.64. The number of hydrogen-bond acceptors (Lipinski definition) is 2. The van der Waals surface area contributed by atoms with Crippen LogP contribution in [0.15, 0.2) is 34.8 Å². The van der Waals surface area contributed by atoms with Gasteiger partial charge in [-0.05, 0) is 29.0 Å². The quantitative estimate of drug-likeness (QED) is 0.729. The van der Waals surface area contributed by atoms with Gasteiger partial charge in [0.05, 0.1) is 5.56 Å². The van der Waals surface area contributed by atoms with Gasteiger partial charge >= 0.3 is 0 Å². The van der Waals surface area contributed by atoms with Crippen molar-refractivity contribution in [3.63, 3.8) is 0 Å². The van der Waals surface area contributed by atoms with Crippen molar-refractivity contribution in [2.45, 2.75) is 0 Å². The molecule has 1 aliphatic heterocycles. The fourth-order valence-electron chi connectivity index (χ4n) is 1.90. The van der Waals surface area contributed by atoms with E-state index in [1.165, 1.54) is 0 Å². The summed E-state index contributed by atoms with van der Waals surface area (Å²) in [7, 11) is 0.